The Morgan fingerprint density at radius 2 is 1.91 bits per heavy atom. The van der Waals surface area contributed by atoms with Gasteiger partial charge in [0, 0.05) is 10.4 Å². The molecule has 0 unspecified atom stereocenters. The Labute approximate surface area is 136 Å². The number of aromatic hydroxyl groups is 1. The van der Waals surface area contributed by atoms with Gasteiger partial charge in [-0.2, -0.15) is 0 Å². The number of fused-ring (bicyclic) bond motifs is 5. The Morgan fingerprint density at radius 1 is 1.09 bits per heavy atom. The van der Waals surface area contributed by atoms with Crippen LogP contribution in [0, 0.1) is 0 Å². The molecule has 0 spiro atoms. The summed E-state index contributed by atoms with van der Waals surface area (Å²) in [6, 6.07) is 6.97. The Morgan fingerprint density at radius 3 is 2.78 bits per heavy atom. The van der Waals surface area contributed by atoms with E-state index < -0.39 is 0 Å². The van der Waals surface area contributed by atoms with Gasteiger partial charge in [-0.25, -0.2) is 14.5 Å². The molecule has 0 saturated carbocycles. The van der Waals surface area contributed by atoms with Crippen LogP contribution in [-0.2, 0) is 12.8 Å². The van der Waals surface area contributed by atoms with Crippen molar-refractivity contribution in [1.82, 2.24) is 19.6 Å². The number of thiophene rings is 1. The van der Waals surface area contributed by atoms with E-state index in [0.29, 0.717) is 5.82 Å². The zero-order valence-corrected chi connectivity index (χ0v) is 13.2. The predicted octanol–water partition coefficient (Wildman–Crippen LogP) is 3.59. The SMILES string of the molecule is Oc1ccc(-c2nc3c4c5c(sc4ncn3n2)CCCC5)cc1. The molecule has 1 aromatic carbocycles. The molecule has 4 aromatic rings. The lowest BCUT2D eigenvalue weighted by Crippen LogP contribution is -1.99. The normalized spacial score (nSPS) is 14.4. The van der Waals surface area contributed by atoms with Crippen molar-refractivity contribution < 1.29 is 5.11 Å². The second-order valence-electron chi connectivity index (χ2n) is 5.89. The van der Waals surface area contributed by atoms with Gasteiger partial charge < -0.3 is 5.11 Å². The van der Waals surface area contributed by atoms with E-state index in [0.717, 1.165) is 28.9 Å². The number of phenolic OH excluding ortho intramolecular Hbond substituents is 1. The van der Waals surface area contributed by atoms with Gasteiger partial charge in [0.05, 0.1) is 5.39 Å². The van der Waals surface area contributed by atoms with Crippen molar-refractivity contribution in [2.75, 3.05) is 0 Å². The quantitative estimate of drug-likeness (QED) is 0.582. The summed E-state index contributed by atoms with van der Waals surface area (Å²) in [5.41, 5.74) is 3.19. The first-order valence-electron chi connectivity index (χ1n) is 7.74. The Hall–Kier alpha value is -2.47. The van der Waals surface area contributed by atoms with E-state index in [1.54, 1.807) is 34.3 Å². The van der Waals surface area contributed by atoms with Crippen molar-refractivity contribution in [2.24, 2.45) is 0 Å². The summed E-state index contributed by atoms with van der Waals surface area (Å²) in [4.78, 5) is 11.9. The van der Waals surface area contributed by atoms with Crippen LogP contribution in [0.25, 0.3) is 27.3 Å². The maximum atomic E-state index is 9.43. The van der Waals surface area contributed by atoms with E-state index in [2.05, 4.69) is 10.1 Å². The lowest BCUT2D eigenvalue weighted by atomic mass is 9.97. The fourth-order valence-corrected chi connectivity index (χ4v) is 4.51. The lowest BCUT2D eigenvalue weighted by Gasteiger charge is -2.09. The average molecular weight is 322 g/mol. The molecule has 1 N–H and O–H groups in total. The van der Waals surface area contributed by atoms with E-state index in [4.69, 9.17) is 4.98 Å². The molecular formula is C17H14N4OS. The summed E-state index contributed by atoms with van der Waals surface area (Å²) in [6.45, 7) is 0. The highest BCUT2D eigenvalue weighted by atomic mass is 32.1. The highest BCUT2D eigenvalue weighted by molar-refractivity contribution is 7.19. The summed E-state index contributed by atoms with van der Waals surface area (Å²) in [5, 5.41) is 15.2. The van der Waals surface area contributed by atoms with Crippen LogP contribution >= 0.6 is 11.3 Å². The van der Waals surface area contributed by atoms with Crippen LogP contribution < -0.4 is 0 Å². The molecule has 0 radical (unpaired) electrons. The molecule has 6 heteroatoms. The van der Waals surface area contributed by atoms with Crippen LogP contribution in [-0.4, -0.2) is 24.7 Å². The van der Waals surface area contributed by atoms with Crippen LogP contribution in [0.1, 0.15) is 23.3 Å². The number of benzene rings is 1. The fourth-order valence-electron chi connectivity index (χ4n) is 3.29. The molecule has 0 aliphatic heterocycles. The minimum atomic E-state index is 0.244. The molecule has 1 aliphatic rings. The maximum absolute atomic E-state index is 9.43. The summed E-state index contributed by atoms with van der Waals surface area (Å²) in [7, 11) is 0. The molecule has 0 fully saturated rings. The van der Waals surface area contributed by atoms with Crippen LogP contribution in [0.3, 0.4) is 0 Å². The zero-order valence-electron chi connectivity index (χ0n) is 12.4. The smallest absolute Gasteiger partial charge is 0.182 e. The van der Waals surface area contributed by atoms with E-state index in [-0.39, 0.29) is 5.75 Å². The summed E-state index contributed by atoms with van der Waals surface area (Å²) in [6.07, 6.45) is 6.51. The van der Waals surface area contributed by atoms with E-state index in [1.165, 1.54) is 28.7 Å². The molecule has 3 aromatic heterocycles. The van der Waals surface area contributed by atoms with Crippen molar-refractivity contribution in [1.29, 1.82) is 0 Å². The van der Waals surface area contributed by atoms with Gasteiger partial charge in [-0.05, 0) is 55.5 Å². The number of aromatic nitrogens is 4. The molecule has 0 atom stereocenters. The largest absolute Gasteiger partial charge is 0.508 e. The van der Waals surface area contributed by atoms with E-state index in [9.17, 15) is 5.11 Å². The molecule has 0 amide bonds. The van der Waals surface area contributed by atoms with Gasteiger partial charge >= 0.3 is 0 Å². The topological polar surface area (TPSA) is 63.3 Å². The first-order chi connectivity index (χ1) is 11.3. The Kier molecular flexibility index (Phi) is 2.69. The van der Waals surface area contributed by atoms with Gasteiger partial charge in [0.1, 0.15) is 16.9 Å². The van der Waals surface area contributed by atoms with Crippen molar-refractivity contribution in [2.45, 2.75) is 25.7 Å². The number of aryl methyl sites for hydroxylation is 2. The Bertz CT molecular complexity index is 1030. The monoisotopic (exact) mass is 322 g/mol. The Balaban J connectivity index is 1.77. The zero-order chi connectivity index (χ0) is 15.4. The van der Waals surface area contributed by atoms with Crippen molar-refractivity contribution >= 4 is 27.2 Å². The maximum Gasteiger partial charge on any atom is 0.182 e. The highest BCUT2D eigenvalue weighted by Gasteiger charge is 2.20. The molecule has 5 nitrogen and oxygen atoms in total. The van der Waals surface area contributed by atoms with Crippen molar-refractivity contribution in [3.63, 3.8) is 0 Å². The third kappa shape index (κ3) is 1.95. The van der Waals surface area contributed by atoms with E-state index in [1.807, 2.05) is 12.1 Å². The van der Waals surface area contributed by atoms with Crippen LogP contribution in [0.4, 0.5) is 0 Å². The fraction of sp³-hybridized carbons (Fsp3) is 0.235. The van der Waals surface area contributed by atoms with Gasteiger partial charge in [-0.1, -0.05) is 0 Å². The minimum absolute atomic E-state index is 0.244. The van der Waals surface area contributed by atoms with Crippen molar-refractivity contribution in [3.05, 3.63) is 41.0 Å². The van der Waals surface area contributed by atoms with Gasteiger partial charge in [0.2, 0.25) is 0 Å². The molecule has 1 aliphatic carbocycles. The summed E-state index contributed by atoms with van der Waals surface area (Å²) >= 11 is 1.80. The molecule has 114 valence electrons. The third-order valence-corrected chi connectivity index (χ3v) is 5.62. The first-order valence-corrected chi connectivity index (χ1v) is 8.56. The number of hydrogen-bond acceptors (Lipinski definition) is 5. The van der Waals surface area contributed by atoms with Crippen LogP contribution in [0.2, 0.25) is 0 Å². The first kappa shape index (κ1) is 13.0. The third-order valence-electron chi connectivity index (χ3n) is 4.42. The molecule has 3 heterocycles. The predicted molar refractivity (Wildman–Crippen MR) is 89.9 cm³/mol. The molecule has 0 bridgehead atoms. The highest BCUT2D eigenvalue weighted by Crippen LogP contribution is 2.37. The molecular weight excluding hydrogens is 308 g/mol. The van der Waals surface area contributed by atoms with Crippen molar-refractivity contribution in [3.8, 4) is 17.1 Å². The number of phenols is 1. The van der Waals surface area contributed by atoms with E-state index >= 15 is 0 Å². The molecule has 23 heavy (non-hydrogen) atoms. The second kappa shape index (κ2) is 4.76. The molecule has 5 rings (SSSR count). The summed E-state index contributed by atoms with van der Waals surface area (Å²) in [5.74, 6) is 0.906. The van der Waals surface area contributed by atoms with Gasteiger partial charge in [-0.3, -0.25) is 0 Å². The lowest BCUT2D eigenvalue weighted by molar-refractivity contribution is 0.475. The number of rotatable bonds is 1. The standard InChI is InChI=1S/C17H14N4OS/c22-11-7-5-10(6-8-11)15-19-16-14-12-3-1-2-4-13(12)23-17(14)18-9-21(16)20-15/h5-9,22H,1-4H2. The van der Waals surface area contributed by atoms with Gasteiger partial charge in [-0.15, -0.1) is 16.4 Å². The van der Waals surface area contributed by atoms with Gasteiger partial charge in [0.15, 0.2) is 11.5 Å². The number of hydrogen-bond donors (Lipinski definition) is 1. The minimum Gasteiger partial charge on any atom is -0.508 e. The van der Waals surface area contributed by atoms with Crippen LogP contribution in [0.15, 0.2) is 30.6 Å². The van der Waals surface area contributed by atoms with Crippen LogP contribution in [0.5, 0.6) is 5.75 Å². The average Bonchev–Trinajstić information content (AvgIpc) is 3.16. The second-order valence-corrected chi connectivity index (χ2v) is 6.97. The number of nitrogens with zero attached hydrogens (tertiary/aromatic N) is 4. The molecule has 0 saturated heterocycles. The summed E-state index contributed by atoms with van der Waals surface area (Å²) < 4.78 is 1.77. The van der Waals surface area contributed by atoms with Gasteiger partial charge in [0.25, 0.3) is 0 Å².